The van der Waals surface area contributed by atoms with Gasteiger partial charge >= 0.3 is 0 Å². The van der Waals surface area contributed by atoms with Gasteiger partial charge in [-0.3, -0.25) is 4.98 Å². The summed E-state index contributed by atoms with van der Waals surface area (Å²) in [5.41, 5.74) is 4.54. The molecule has 0 spiro atoms. The molecule has 192 valence electrons. The number of unbranched alkanes of at least 4 members (excludes halogenated alkanes) is 1. The number of aromatic nitrogens is 1. The first-order valence-corrected chi connectivity index (χ1v) is 13.2. The van der Waals surface area contributed by atoms with E-state index in [1.54, 1.807) is 6.20 Å². The minimum absolute atomic E-state index is 0.0701. The van der Waals surface area contributed by atoms with Gasteiger partial charge in [0.2, 0.25) is 0 Å². The summed E-state index contributed by atoms with van der Waals surface area (Å²) < 4.78 is 27.0. The van der Waals surface area contributed by atoms with Crippen LogP contribution < -0.4 is 10.6 Å². The molecule has 4 rings (SSSR count). The van der Waals surface area contributed by atoms with Crippen molar-refractivity contribution in [2.75, 3.05) is 11.9 Å². The summed E-state index contributed by atoms with van der Waals surface area (Å²) in [4.78, 5) is 4.23. The number of anilines is 1. The van der Waals surface area contributed by atoms with Crippen LogP contribution in [0.2, 0.25) is 0 Å². The van der Waals surface area contributed by atoms with Crippen molar-refractivity contribution in [1.29, 1.82) is 0 Å². The molecule has 0 saturated heterocycles. The van der Waals surface area contributed by atoms with Crippen molar-refractivity contribution in [2.24, 2.45) is 0 Å². The zero-order chi connectivity index (χ0) is 25.6. The standard InChI is InChI=1S/C31H39F2N3/c1-30(2,3)24-9-6-10-25(20-24)31(14-12-28(13-15-31)36-29-11-7-16-34-22-29)35-17-5-4-8-23-18-26(32)21-27(33)19-23/h6-7,9-11,16,18-22,28,35-36H,4-5,8,12-15,17H2,1-3H3. The molecule has 1 aliphatic carbocycles. The predicted octanol–water partition coefficient (Wildman–Crippen LogP) is 7.52. The fourth-order valence-corrected chi connectivity index (χ4v) is 5.33. The molecule has 0 unspecified atom stereocenters. The molecular formula is C31H39F2N3. The zero-order valence-corrected chi connectivity index (χ0v) is 21.8. The van der Waals surface area contributed by atoms with Gasteiger partial charge in [-0.25, -0.2) is 8.78 Å². The number of pyridine rings is 1. The van der Waals surface area contributed by atoms with E-state index in [0.29, 0.717) is 12.5 Å². The third kappa shape index (κ3) is 6.91. The number of halogens is 2. The van der Waals surface area contributed by atoms with Crippen LogP contribution >= 0.6 is 0 Å². The highest BCUT2D eigenvalue weighted by Crippen LogP contribution is 2.39. The minimum Gasteiger partial charge on any atom is -0.381 e. The largest absolute Gasteiger partial charge is 0.381 e. The Morgan fingerprint density at radius 3 is 2.36 bits per heavy atom. The summed E-state index contributed by atoms with van der Waals surface area (Å²) in [5.74, 6) is -1.00. The number of nitrogens with zero attached hydrogens (tertiary/aromatic N) is 1. The Morgan fingerprint density at radius 1 is 0.944 bits per heavy atom. The molecule has 1 saturated carbocycles. The summed E-state index contributed by atoms with van der Waals surface area (Å²) in [6.45, 7) is 7.65. The van der Waals surface area contributed by atoms with Crippen LogP contribution in [0.5, 0.6) is 0 Å². The summed E-state index contributed by atoms with van der Waals surface area (Å²) in [7, 11) is 0. The minimum atomic E-state index is -0.502. The third-order valence-corrected chi connectivity index (χ3v) is 7.43. The number of aryl methyl sites for hydroxylation is 1. The molecule has 36 heavy (non-hydrogen) atoms. The van der Waals surface area contributed by atoms with Gasteiger partial charge in [0.25, 0.3) is 0 Å². The Labute approximate surface area is 214 Å². The lowest BCUT2D eigenvalue weighted by Crippen LogP contribution is -2.47. The Morgan fingerprint density at radius 2 is 1.69 bits per heavy atom. The second-order valence-corrected chi connectivity index (χ2v) is 11.2. The topological polar surface area (TPSA) is 37.0 Å². The van der Waals surface area contributed by atoms with E-state index in [2.05, 4.69) is 66.7 Å². The molecular weight excluding hydrogens is 452 g/mol. The van der Waals surface area contributed by atoms with Crippen LogP contribution in [0.3, 0.4) is 0 Å². The van der Waals surface area contributed by atoms with Crippen LogP contribution in [0.1, 0.15) is 76.0 Å². The van der Waals surface area contributed by atoms with E-state index in [4.69, 9.17) is 0 Å². The average Bonchev–Trinajstić information content (AvgIpc) is 2.85. The molecule has 1 heterocycles. The van der Waals surface area contributed by atoms with Crippen LogP contribution in [0.25, 0.3) is 0 Å². The smallest absolute Gasteiger partial charge is 0.126 e. The molecule has 1 aliphatic rings. The number of hydrogen-bond acceptors (Lipinski definition) is 3. The lowest BCUT2D eigenvalue weighted by Gasteiger charge is -2.42. The second-order valence-electron chi connectivity index (χ2n) is 11.2. The van der Waals surface area contributed by atoms with E-state index in [0.717, 1.165) is 62.4 Å². The van der Waals surface area contributed by atoms with Gasteiger partial charge in [-0.2, -0.15) is 0 Å². The zero-order valence-electron chi connectivity index (χ0n) is 21.8. The molecule has 0 radical (unpaired) electrons. The number of benzene rings is 2. The SMILES string of the molecule is CC(C)(C)c1cccc(C2(NCCCCc3cc(F)cc(F)c3)CCC(Nc3cccnc3)CC2)c1. The highest BCUT2D eigenvalue weighted by molar-refractivity contribution is 5.41. The van der Waals surface area contributed by atoms with E-state index in [1.807, 2.05) is 12.3 Å². The fraction of sp³-hybridized carbons (Fsp3) is 0.452. The maximum absolute atomic E-state index is 13.5. The maximum atomic E-state index is 13.5. The first-order chi connectivity index (χ1) is 17.2. The third-order valence-electron chi connectivity index (χ3n) is 7.43. The van der Waals surface area contributed by atoms with Gasteiger partial charge in [-0.05, 0) is 97.9 Å². The number of hydrogen-bond donors (Lipinski definition) is 2. The van der Waals surface area contributed by atoms with Crippen molar-refractivity contribution in [1.82, 2.24) is 10.3 Å². The van der Waals surface area contributed by atoms with Gasteiger partial charge in [0.1, 0.15) is 11.6 Å². The Hall–Kier alpha value is -2.79. The lowest BCUT2D eigenvalue weighted by molar-refractivity contribution is 0.222. The van der Waals surface area contributed by atoms with Gasteiger partial charge in [-0.15, -0.1) is 0 Å². The molecule has 1 aromatic heterocycles. The summed E-state index contributed by atoms with van der Waals surface area (Å²) in [6.07, 6.45) is 10.5. The summed E-state index contributed by atoms with van der Waals surface area (Å²) >= 11 is 0. The van der Waals surface area contributed by atoms with Crippen molar-refractivity contribution >= 4 is 5.69 Å². The van der Waals surface area contributed by atoms with Crippen LogP contribution in [0.4, 0.5) is 14.5 Å². The first kappa shape index (κ1) is 26.3. The lowest BCUT2D eigenvalue weighted by atomic mass is 9.73. The molecule has 0 aliphatic heterocycles. The number of nitrogens with one attached hydrogen (secondary N) is 2. The van der Waals surface area contributed by atoms with Crippen molar-refractivity contribution < 1.29 is 8.78 Å². The molecule has 1 fully saturated rings. The Kier molecular flexibility index (Phi) is 8.40. The molecule has 3 nitrogen and oxygen atoms in total. The molecule has 0 bridgehead atoms. The molecule has 3 aromatic rings. The van der Waals surface area contributed by atoms with Crippen LogP contribution in [-0.4, -0.2) is 17.6 Å². The highest BCUT2D eigenvalue weighted by atomic mass is 19.1. The molecule has 0 atom stereocenters. The van der Waals surface area contributed by atoms with E-state index in [9.17, 15) is 8.78 Å². The van der Waals surface area contributed by atoms with Gasteiger partial charge in [0.15, 0.2) is 0 Å². The van der Waals surface area contributed by atoms with Gasteiger partial charge < -0.3 is 10.6 Å². The fourth-order valence-electron chi connectivity index (χ4n) is 5.33. The second kappa shape index (κ2) is 11.5. The van der Waals surface area contributed by atoms with Crippen LogP contribution in [-0.2, 0) is 17.4 Å². The van der Waals surface area contributed by atoms with Crippen LogP contribution in [0.15, 0.2) is 67.0 Å². The average molecular weight is 492 g/mol. The van der Waals surface area contributed by atoms with E-state index >= 15 is 0 Å². The monoisotopic (exact) mass is 491 g/mol. The molecule has 2 N–H and O–H groups in total. The van der Waals surface area contributed by atoms with Crippen molar-refractivity contribution in [2.45, 2.75) is 82.7 Å². The summed E-state index contributed by atoms with van der Waals surface area (Å²) in [6, 6.07) is 17.3. The van der Waals surface area contributed by atoms with Crippen molar-refractivity contribution in [3.05, 3.63) is 95.3 Å². The highest BCUT2D eigenvalue weighted by Gasteiger charge is 2.37. The van der Waals surface area contributed by atoms with Crippen molar-refractivity contribution in [3.8, 4) is 0 Å². The van der Waals surface area contributed by atoms with Crippen molar-refractivity contribution in [3.63, 3.8) is 0 Å². The van der Waals surface area contributed by atoms with Gasteiger partial charge in [0.05, 0.1) is 5.69 Å². The maximum Gasteiger partial charge on any atom is 0.126 e. The Bertz CT molecular complexity index is 1100. The normalized spacial score (nSPS) is 20.3. The van der Waals surface area contributed by atoms with Gasteiger partial charge in [-0.1, -0.05) is 45.0 Å². The first-order valence-electron chi connectivity index (χ1n) is 13.2. The number of rotatable bonds is 9. The van der Waals surface area contributed by atoms with E-state index < -0.39 is 11.6 Å². The molecule has 2 aromatic carbocycles. The molecule has 0 amide bonds. The van der Waals surface area contributed by atoms with Gasteiger partial charge in [0, 0.05) is 30.0 Å². The molecule has 5 heteroatoms. The Balaban J connectivity index is 1.42. The van der Waals surface area contributed by atoms with E-state index in [1.165, 1.54) is 23.3 Å². The predicted molar refractivity (Wildman–Crippen MR) is 144 cm³/mol. The van der Waals surface area contributed by atoms with Crippen LogP contribution in [0, 0.1) is 11.6 Å². The quantitative estimate of drug-likeness (QED) is 0.304. The summed E-state index contributed by atoms with van der Waals surface area (Å²) in [5, 5.41) is 7.59. The van der Waals surface area contributed by atoms with E-state index in [-0.39, 0.29) is 11.0 Å².